The van der Waals surface area contributed by atoms with Gasteiger partial charge in [-0.2, -0.15) is 0 Å². The smallest absolute Gasteiger partial charge is 0.270 e. The lowest BCUT2D eigenvalue weighted by Gasteiger charge is -2.09. The van der Waals surface area contributed by atoms with E-state index in [1.54, 1.807) is 36.4 Å². The number of nitrogens with one attached hydrogen (secondary N) is 2. The molecule has 1 amide bonds. The van der Waals surface area contributed by atoms with Crippen molar-refractivity contribution in [1.82, 2.24) is 9.97 Å². The summed E-state index contributed by atoms with van der Waals surface area (Å²) < 4.78 is 19.0. The van der Waals surface area contributed by atoms with Gasteiger partial charge in [0.15, 0.2) is 0 Å². The molecule has 0 aliphatic carbocycles. The number of nitro groups is 1. The van der Waals surface area contributed by atoms with E-state index in [-0.39, 0.29) is 22.8 Å². The molecule has 0 atom stereocenters. The highest BCUT2D eigenvalue weighted by molar-refractivity contribution is 6.07. The van der Waals surface area contributed by atoms with Crippen LogP contribution in [0.3, 0.4) is 0 Å². The van der Waals surface area contributed by atoms with E-state index in [1.165, 1.54) is 25.3 Å². The van der Waals surface area contributed by atoms with Gasteiger partial charge in [-0.1, -0.05) is 18.2 Å². The highest BCUT2D eigenvalue weighted by Gasteiger charge is 2.18. The molecule has 0 aliphatic rings. The van der Waals surface area contributed by atoms with Crippen LogP contribution in [0, 0.1) is 15.9 Å². The summed E-state index contributed by atoms with van der Waals surface area (Å²) in [6, 6.07) is 15.4. The Morgan fingerprint density at radius 2 is 2.00 bits per heavy atom. The van der Waals surface area contributed by atoms with Gasteiger partial charge in [-0.25, -0.2) is 9.37 Å². The van der Waals surface area contributed by atoms with Gasteiger partial charge in [0.25, 0.3) is 11.6 Å². The Morgan fingerprint density at radius 1 is 1.19 bits per heavy atom. The predicted molar refractivity (Wildman–Crippen MR) is 113 cm³/mol. The highest BCUT2D eigenvalue weighted by atomic mass is 19.1. The normalized spacial score (nSPS) is 10.8. The minimum Gasteiger partial charge on any atom is -0.496 e. The average Bonchev–Trinajstić information content (AvgIpc) is 3.16. The zero-order valence-corrected chi connectivity index (χ0v) is 16.4. The van der Waals surface area contributed by atoms with Crippen LogP contribution in [-0.2, 0) is 6.42 Å². The average molecular weight is 420 g/mol. The van der Waals surface area contributed by atoms with E-state index in [2.05, 4.69) is 15.3 Å². The maximum Gasteiger partial charge on any atom is 0.270 e. The molecule has 9 heteroatoms. The molecule has 0 saturated carbocycles. The van der Waals surface area contributed by atoms with Crippen molar-refractivity contribution in [1.29, 1.82) is 0 Å². The number of nitrogens with zero attached hydrogens (tertiary/aromatic N) is 2. The second-order valence-corrected chi connectivity index (χ2v) is 6.78. The quantitative estimate of drug-likeness (QED) is 0.353. The van der Waals surface area contributed by atoms with Crippen LogP contribution in [0.2, 0.25) is 0 Å². The number of non-ortho nitro benzene ring substituents is 1. The number of benzene rings is 3. The lowest BCUT2D eigenvalue weighted by molar-refractivity contribution is -0.384. The number of ether oxygens (including phenoxy) is 1. The number of hydrogen-bond donors (Lipinski definition) is 2. The van der Waals surface area contributed by atoms with E-state index in [0.29, 0.717) is 34.5 Å². The molecule has 0 fully saturated rings. The number of hydrogen-bond acceptors (Lipinski definition) is 5. The Bertz CT molecular complexity index is 1300. The van der Waals surface area contributed by atoms with Crippen molar-refractivity contribution >= 4 is 28.3 Å². The Hall–Kier alpha value is -4.27. The van der Waals surface area contributed by atoms with E-state index in [1.807, 2.05) is 0 Å². The molecule has 4 aromatic rings. The number of amides is 1. The van der Waals surface area contributed by atoms with Crippen LogP contribution in [-0.4, -0.2) is 27.9 Å². The van der Waals surface area contributed by atoms with Crippen LogP contribution < -0.4 is 10.1 Å². The first-order chi connectivity index (χ1) is 14.9. The summed E-state index contributed by atoms with van der Waals surface area (Å²) in [5, 5.41) is 13.7. The number of H-pyrrole nitrogens is 1. The van der Waals surface area contributed by atoms with Crippen LogP contribution in [0.15, 0.2) is 60.7 Å². The lowest BCUT2D eigenvalue weighted by atomic mass is 10.1. The van der Waals surface area contributed by atoms with E-state index < -0.39 is 10.8 Å². The number of carbonyl (C=O) groups excluding carboxylic acids is 1. The second-order valence-electron chi connectivity index (χ2n) is 6.78. The molecule has 0 unspecified atom stereocenters. The molecule has 0 aliphatic heterocycles. The number of halogens is 1. The zero-order valence-electron chi connectivity index (χ0n) is 16.4. The van der Waals surface area contributed by atoms with Crippen LogP contribution in [0.25, 0.3) is 11.0 Å². The Labute approximate surface area is 175 Å². The summed E-state index contributed by atoms with van der Waals surface area (Å²) in [4.78, 5) is 30.7. The van der Waals surface area contributed by atoms with Gasteiger partial charge in [-0.15, -0.1) is 0 Å². The van der Waals surface area contributed by atoms with E-state index in [0.717, 1.165) is 6.07 Å². The van der Waals surface area contributed by atoms with E-state index in [4.69, 9.17) is 4.74 Å². The van der Waals surface area contributed by atoms with Crippen molar-refractivity contribution in [2.24, 2.45) is 0 Å². The molecule has 1 aromatic heterocycles. The second kappa shape index (κ2) is 8.23. The number of methoxy groups -OCH3 is 1. The standard InChI is InChI=1S/C22H17FN4O4/c1-31-20-9-7-15(27(29)30)12-16(20)22(28)24-14-6-8-18-19(11-14)26-21(25-18)10-13-4-2-3-5-17(13)23/h2-9,11-12H,10H2,1H3,(H,24,28)(H,25,26). The van der Waals surface area contributed by atoms with E-state index >= 15 is 0 Å². The van der Waals surface area contributed by atoms with Gasteiger partial charge in [0.1, 0.15) is 17.4 Å². The number of carbonyl (C=O) groups is 1. The van der Waals surface area contributed by atoms with Crippen LogP contribution in [0.4, 0.5) is 15.8 Å². The molecule has 0 spiro atoms. The maximum absolute atomic E-state index is 13.9. The third-order valence-corrected chi connectivity index (χ3v) is 4.74. The molecule has 4 rings (SSSR count). The number of anilines is 1. The molecule has 0 saturated heterocycles. The molecule has 3 aromatic carbocycles. The fourth-order valence-corrected chi connectivity index (χ4v) is 3.23. The maximum atomic E-state index is 13.9. The highest BCUT2D eigenvalue weighted by Crippen LogP contribution is 2.26. The molecule has 156 valence electrons. The predicted octanol–water partition coefficient (Wildman–Crippen LogP) is 4.46. The van der Waals surface area contributed by atoms with Gasteiger partial charge in [0.05, 0.1) is 28.6 Å². The fraction of sp³-hybridized carbons (Fsp3) is 0.0909. The fourth-order valence-electron chi connectivity index (χ4n) is 3.23. The Morgan fingerprint density at radius 3 is 2.74 bits per heavy atom. The van der Waals surface area contributed by atoms with Gasteiger partial charge in [-0.05, 0) is 35.9 Å². The third kappa shape index (κ3) is 4.20. The molecule has 2 N–H and O–H groups in total. The number of nitro benzene ring substituents is 1. The number of imidazole rings is 1. The SMILES string of the molecule is COc1ccc([N+](=O)[O-])cc1C(=O)Nc1ccc2nc(Cc3ccccc3F)[nH]c2c1. The monoisotopic (exact) mass is 420 g/mol. The number of fused-ring (bicyclic) bond motifs is 1. The van der Waals surface area contributed by atoms with Gasteiger partial charge >= 0.3 is 0 Å². The molecular weight excluding hydrogens is 403 g/mol. The summed E-state index contributed by atoms with van der Waals surface area (Å²) in [6.07, 6.45) is 0.300. The number of aromatic nitrogens is 2. The summed E-state index contributed by atoms with van der Waals surface area (Å²) >= 11 is 0. The topological polar surface area (TPSA) is 110 Å². The van der Waals surface area contributed by atoms with Gasteiger partial charge in [0.2, 0.25) is 0 Å². The minimum atomic E-state index is -0.579. The number of rotatable bonds is 6. The molecule has 31 heavy (non-hydrogen) atoms. The minimum absolute atomic E-state index is 0.0432. The first kappa shape index (κ1) is 20.0. The van der Waals surface area contributed by atoms with Crippen molar-refractivity contribution in [3.8, 4) is 5.75 Å². The van der Waals surface area contributed by atoms with Gasteiger partial charge in [0, 0.05) is 24.2 Å². The lowest BCUT2D eigenvalue weighted by Crippen LogP contribution is -2.13. The molecule has 0 bridgehead atoms. The van der Waals surface area contributed by atoms with Crippen molar-refractivity contribution in [3.63, 3.8) is 0 Å². The zero-order chi connectivity index (χ0) is 22.0. The summed E-state index contributed by atoms with van der Waals surface area (Å²) in [6.45, 7) is 0. The van der Waals surface area contributed by atoms with Gasteiger partial charge in [-0.3, -0.25) is 14.9 Å². The van der Waals surface area contributed by atoms with Crippen molar-refractivity contribution in [2.45, 2.75) is 6.42 Å². The summed E-state index contributed by atoms with van der Waals surface area (Å²) in [5.74, 6) is -0.0466. The van der Waals surface area contributed by atoms with Crippen molar-refractivity contribution in [3.05, 3.63) is 93.5 Å². The Balaban J connectivity index is 1.58. The Kier molecular flexibility index (Phi) is 5.31. The first-order valence-electron chi connectivity index (χ1n) is 9.30. The van der Waals surface area contributed by atoms with Crippen molar-refractivity contribution in [2.75, 3.05) is 12.4 Å². The molecule has 0 radical (unpaired) electrons. The molecular formula is C22H17FN4O4. The van der Waals surface area contributed by atoms with Gasteiger partial charge < -0.3 is 15.0 Å². The summed E-state index contributed by atoms with van der Waals surface area (Å²) in [5.41, 5.74) is 2.14. The van der Waals surface area contributed by atoms with Crippen LogP contribution in [0.1, 0.15) is 21.7 Å². The van der Waals surface area contributed by atoms with Crippen molar-refractivity contribution < 1.29 is 18.8 Å². The molecule has 1 heterocycles. The van der Waals surface area contributed by atoms with Crippen LogP contribution >= 0.6 is 0 Å². The van der Waals surface area contributed by atoms with E-state index in [9.17, 15) is 19.3 Å². The third-order valence-electron chi connectivity index (χ3n) is 4.74. The largest absolute Gasteiger partial charge is 0.496 e. The summed E-state index contributed by atoms with van der Waals surface area (Å²) in [7, 11) is 1.38. The van der Waals surface area contributed by atoms with Crippen LogP contribution in [0.5, 0.6) is 5.75 Å². The molecule has 8 nitrogen and oxygen atoms in total. The first-order valence-corrected chi connectivity index (χ1v) is 9.30. The number of aromatic amines is 1.